The fourth-order valence-corrected chi connectivity index (χ4v) is 1.47. The Labute approximate surface area is 94.5 Å². The number of rotatable bonds is 3. The number of ether oxygens (including phenoxy) is 1. The number of benzene rings is 2. The number of halogens is 1. The normalized spacial score (nSPS) is 10.1. The van der Waals surface area contributed by atoms with Gasteiger partial charge < -0.3 is 4.74 Å². The Bertz CT molecular complexity index is 465. The van der Waals surface area contributed by atoms with Gasteiger partial charge in [0.25, 0.3) is 0 Å². The van der Waals surface area contributed by atoms with Crippen molar-refractivity contribution in [2.24, 2.45) is 0 Å². The van der Waals surface area contributed by atoms with Gasteiger partial charge in [0.05, 0.1) is 0 Å². The van der Waals surface area contributed by atoms with Gasteiger partial charge >= 0.3 is 0 Å². The van der Waals surface area contributed by atoms with Crippen molar-refractivity contribution in [2.45, 2.75) is 13.5 Å². The van der Waals surface area contributed by atoms with E-state index < -0.39 is 0 Å². The van der Waals surface area contributed by atoms with Crippen LogP contribution < -0.4 is 4.74 Å². The predicted octanol–water partition coefficient (Wildman–Crippen LogP) is 3.71. The van der Waals surface area contributed by atoms with Crippen molar-refractivity contribution < 1.29 is 9.13 Å². The molecule has 82 valence electrons. The monoisotopic (exact) mass is 216 g/mol. The third kappa shape index (κ3) is 2.60. The van der Waals surface area contributed by atoms with Gasteiger partial charge in [0.1, 0.15) is 18.2 Å². The van der Waals surface area contributed by atoms with E-state index in [9.17, 15) is 4.39 Å². The molecule has 2 rings (SSSR count). The van der Waals surface area contributed by atoms with E-state index in [-0.39, 0.29) is 5.82 Å². The van der Waals surface area contributed by atoms with E-state index >= 15 is 0 Å². The molecule has 16 heavy (non-hydrogen) atoms. The minimum absolute atomic E-state index is 0.225. The first-order valence-corrected chi connectivity index (χ1v) is 5.18. The highest BCUT2D eigenvalue weighted by molar-refractivity contribution is 5.27. The van der Waals surface area contributed by atoms with E-state index in [2.05, 4.69) is 0 Å². The van der Waals surface area contributed by atoms with Gasteiger partial charge in [-0.1, -0.05) is 24.3 Å². The summed E-state index contributed by atoms with van der Waals surface area (Å²) in [5.41, 5.74) is 1.92. The lowest BCUT2D eigenvalue weighted by Crippen LogP contribution is -1.98. The topological polar surface area (TPSA) is 9.23 Å². The minimum atomic E-state index is -0.225. The molecule has 0 fully saturated rings. The third-order valence-corrected chi connectivity index (χ3v) is 2.45. The van der Waals surface area contributed by atoms with Crippen molar-refractivity contribution in [3.8, 4) is 5.75 Å². The Morgan fingerprint density at radius 1 is 1.06 bits per heavy atom. The fourth-order valence-electron chi connectivity index (χ4n) is 1.47. The van der Waals surface area contributed by atoms with E-state index in [1.54, 1.807) is 6.07 Å². The molecule has 0 spiro atoms. The molecule has 2 heteroatoms. The van der Waals surface area contributed by atoms with E-state index in [0.29, 0.717) is 6.61 Å². The summed E-state index contributed by atoms with van der Waals surface area (Å²) in [5.74, 6) is 0.573. The molecule has 0 amide bonds. The van der Waals surface area contributed by atoms with Crippen molar-refractivity contribution in [1.82, 2.24) is 0 Å². The molecule has 0 atom stereocenters. The maximum absolute atomic E-state index is 13.0. The highest BCUT2D eigenvalue weighted by atomic mass is 19.1. The molecule has 0 unspecified atom stereocenters. The Balaban J connectivity index is 2.08. The van der Waals surface area contributed by atoms with E-state index in [0.717, 1.165) is 16.9 Å². The lowest BCUT2D eigenvalue weighted by molar-refractivity contribution is 0.305. The van der Waals surface area contributed by atoms with Crippen LogP contribution in [0.2, 0.25) is 0 Å². The molecule has 0 aliphatic heterocycles. The van der Waals surface area contributed by atoms with Gasteiger partial charge in [0.2, 0.25) is 0 Å². The summed E-state index contributed by atoms with van der Waals surface area (Å²) in [5, 5.41) is 0. The first-order chi connectivity index (χ1) is 7.75. The second-order valence-corrected chi connectivity index (χ2v) is 3.67. The van der Waals surface area contributed by atoms with Crippen molar-refractivity contribution in [1.29, 1.82) is 0 Å². The average molecular weight is 216 g/mol. The minimum Gasteiger partial charge on any atom is -0.489 e. The molecular weight excluding hydrogens is 203 g/mol. The van der Waals surface area contributed by atoms with Crippen molar-refractivity contribution in [2.75, 3.05) is 0 Å². The summed E-state index contributed by atoms with van der Waals surface area (Å²) in [4.78, 5) is 0. The van der Waals surface area contributed by atoms with Crippen LogP contribution in [0.5, 0.6) is 5.75 Å². The standard InChI is InChI=1S/C14H13FO/c1-11-7-8-13(15)9-12(11)10-16-14-5-3-2-4-6-14/h2-9H,10H2,1H3. The molecule has 0 radical (unpaired) electrons. The van der Waals surface area contributed by atoms with Gasteiger partial charge in [0, 0.05) is 0 Å². The molecule has 0 aliphatic carbocycles. The Morgan fingerprint density at radius 2 is 1.81 bits per heavy atom. The van der Waals surface area contributed by atoms with Gasteiger partial charge in [-0.05, 0) is 42.3 Å². The summed E-state index contributed by atoms with van der Waals surface area (Å²) in [6.07, 6.45) is 0. The molecule has 0 bridgehead atoms. The van der Waals surface area contributed by atoms with E-state index in [1.165, 1.54) is 12.1 Å². The molecule has 0 saturated carbocycles. The van der Waals surface area contributed by atoms with Gasteiger partial charge in [-0.3, -0.25) is 0 Å². The van der Waals surface area contributed by atoms with Crippen molar-refractivity contribution in [3.05, 3.63) is 65.5 Å². The summed E-state index contributed by atoms with van der Waals surface area (Å²) in [6, 6.07) is 14.3. The molecule has 0 aliphatic rings. The quantitative estimate of drug-likeness (QED) is 0.759. The molecule has 0 N–H and O–H groups in total. The van der Waals surface area contributed by atoms with Crippen LogP contribution in [0.1, 0.15) is 11.1 Å². The largest absolute Gasteiger partial charge is 0.489 e. The zero-order chi connectivity index (χ0) is 11.4. The smallest absolute Gasteiger partial charge is 0.123 e. The van der Waals surface area contributed by atoms with Gasteiger partial charge in [-0.15, -0.1) is 0 Å². The van der Waals surface area contributed by atoms with Gasteiger partial charge in [0.15, 0.2) is 0 Å². The number of para-hydroxylation sites is 1. The maximum atomic E-state index is 13.0. The first kappa shape index (κ1) is 10.7. The zero-order valence-corrected chi connectivity index (χ0v) is 9.11. The molecule has 1 nitrogen and oxygen atoms in total. The second kappa shape index (κ2) is 4.79. The number of hydrogen-bond donors (Lipinski definition) is 0. The molecule has 0 saturated heterocycles. The van der Waals surface area contributed by atoms with Crippen LogP contribution in [0.15, 0.2) is 48.5 Å². The van der Waals surface area contributed by atoms with Crippen LogP contribution in [-0.2, 0) is 6.61 Å². The molecule has 0 heterocycles. The number of aryl methyl sites for hydroxylation is 1. The SMILES string of the molecule is Cc1ccc(F)cc1COc1ccccc1. The Kier molecular flexibility index (Phi) is 3.20. The third-order valence-electron chi connectivity index (χ3n) is 2.45. The van der Waals surface area contributed by atoms with Crippen molar-refractivity contribution >= 4 is 0 Å². The zero-order valence-electron chi connectivity index (χ0n) is 9.11. The summed E-state index contributed by atoms with van der Waals surface area (Å²) in [7, 11) is 0. The van der Waals surface area contributed by atoms with E-state index in [1.807, 2.05) is 37.3 Å². The molecule has 2 aromatic carbocycles. The lowest BCUT2D eigenvalue weighted by Gasteiger charge is -2.08. The summed E-state index contributed by atoms with van der Waals surface area (Å²) >= 11 is 0. The molecule has 2 aromatic rings. The van der Waals surface area contributed by atoms with Gasteiger partial charge in [-0.25, -0.2) is 4.39 Å². The van der Waals surface area contributed by atoms with Crippen LogP contribution in [-0.4, -0.2) is 0 Å². The highest BCUT2D eigenvalue weighted by Crippen LogP contribution is 2.15. The maximum Gasteiger partial charge on any atom is 0.123 e. The number of hydrogen-bond acceptors (Lipinski definition) is 1. The Morgan fingerprint density at radius 3 is 2.56 bits per heavy atom. The lowest BCUT2D eigenvalue weighted by atomic mass is 10.1. The van der Waals surface area contributed by atoms with Crippen LogP contribution in [0.3, 0.4) is 0 Å². The molecular formula is C14H13FO. The summed E-state index contributed by atoms with van der Waals surface area (Å²) in [6.45, 7) is 2.34. The van der Waals surface area contributed by atoms with Crippen molar-refractivity contribution in [3.63, 3.8) is 0 Å². The van der Waals surface area contributed by atoms with Crippen LogP contribution in [0.25, 0.3) is 0 Å². The highest BCUT2D eigenvalue weighted by Gasteiger charge is 2.01. The first-order valence-electron chi connectivity index (χ1n) is 5.18. The fraction of sp³-hybridized carbons (Fsp3) is 0.143. The van der Waals surface area contributed by atoms with Crippen LogP contribution in [0.4, 0.5) is 4.39 Å². The average Bonchev–Trinajstić information content (AvgIpc) is 2.32. The van der Waals surface area contributed by atoms with Crippen LogP contribution in [0, 0.1) is 12.7 Å². The van der Waals surface area contributed by atoms with Crippen LogP contribution >= 0.6 is 0 Å². The molecule has 0 aromatic heterocycles. The van der Waals surface area contributed by atoms with Gasteiger partial charge in [-0.2, -0.15) is 0 Å². The predicted molar refractivity (Wildman–Crippen MR) is 61.9 cm³/mol. The second-order valence-electron chi connectivity index (χ2n) is 3.67. The van der Waals surface area contributed by atoms with E-state index in [4.69, 9.17) is 4.74 Å². The Hall–Kier alpha value is -1.83. The summed E-state index contributed by atoms with van der Waals surface area (Å²) < 4.78 is 18.6.